The maximum atomic E-state index is 7.15. The lowest BCUT2D eigenvalue weighted by molar-refractivity contribution is 0.660. The second-order valence-electron chi connectivity index (χ2n) is 17.2. The lowest BCUT2D eigenvalue weighted by Gasteiger charge is -2.28. The maximum absolute atomic E-state index is 7.15. The van der Waals surface area contributed by atoms with Crippen LogP contribution in [-0.2, 0) is 5.41 Å². The fraction of sp³-hybridized carbons (Fsp3) is 0.0508. The van der Waals surface area contributed by atoms with Crippen LogP contribution < -0.4 is 4.90 Å². The molecule has 0 fully saturated rings. The van der Waals surface area contributed by atoms with E-state index in [0.717, 1.165) is 88.6 Å². The van der Waals surface area contributed by atoms with Gasteiger partial charge in [0, 0.05) is 55.4 Å². The van der Waals surface area contributed by atoms with Crippen molar-refractivity contribution in [1.29, 1.82) is 0 Å². The minimum atomic E-state index is -0.164. The van der Waals surface area contributed by atoms with Gasteiger partial charge in [-0.2, -0.15) is 0 Å². The van der Waals surface area contributed by atoms with Gasteiger partial charge in [-0.15, -0.1) is 0 Å². The number of benzene rings is 10. The Morgan fingerprint density at radius 3 is 1.74 bits per heavy atom. The Morgan fingerprint density at radius 2 is 0.919 bits per heavy atom. The second kappa shape index (κ2) is 13.1. The van der Waals surface area contributed by atoms with E-state index in [4.69, 9.17) is 8.83 Å². The first kappa shape index (κ1) is 34.9. The smallest absolute Gasteiger partial charge is 0.143 e. The van der Waals surface area contributed by atoms with Crippen molar-refractivity contribution in [2.45, 2.75) is 19.3 Å². The molecule has 0 N–H and O–H groups in total. The van der Waals surface area contributed by atoms with Gasteiger partial charge in [0.05, 0.1) is 5.69 Å². The molecular formula is C59H39NO2. The van der Waals surface area contributed by atoms with Crippen LogP contribution in [0.2, 0.25) is 0 Å². The summed E-state index contributed by atoms with van der Waals surface area (Å²) in [6, 6.07) is 72.3. The van der Waals surface area contributed by atoms with Crippen molar-refractivity contribution in [2.75, 3.05) is 4.90 Å². The number of rotatable bonds is 5. The van der Waals surface area contributed by atoms with E-state index in [1.54, 1.807) is 0 Å². The topological polar surface area (TPSA) is 29.5 Å². The van der Waals surface area contributed by atoms with Crippen molar-refractivity contribution in [2.24, 2.45) is 0 Å². The molecule has 0 saturated heterocycles. The average Bonchev–Trinajstić information content (AvgIpc) is 3.98. The Labute approximate surface area is 358 Å². The molecule has 12 aromatic rings. The number of para-hydroxylation sites is 2. The van der Waals surface area contributed by atoms with Gasteiger partial charge < -0.3 is 13.7 Å². The Bertz CT molecular complexity index is 3780. The summed E-state index contributed by atoms with van der Waals surface area (Å²) in [6.07, 6.45) is 0. The molecule has 292 valence electrons. The van der Waals surface area contributed by atoms with Crippen LogP contribution in [0.4, 0.5) is 17.1 Å². The van der Waals surface area contributed by atoms with E-state index in [9.17, 15) is 0 Å². The molecule has 0 saturated carbocycles. The van der Waals surface area contributed by atoms with Crippen LogP contribution in [0.5, 0.6) is 0 Å². The summed E-state index contributed by atoms with van der Waals surface area (Å²) < 4.78 is 13.7. The molecular weight excluding hydrogens is 755 g/mol. The van der Waals surface area contributed by atoms with E-state index in [0.29, 0.717) is 0 Å². The molecule has 1 aliphatic rings. The van der Waals surface area contributed by atoms with Crippen molar-refractivity contribution in [1.82, 2.24) is 0 Å². The van der Waals surface area contributed by atoms with Gasteiger partial charge in [-0.3, -0.25) is 0 Å². The van der Waals surface area contributed by atoms with Crippen LogP contribution in [0, 0.1) is 0 Å². The number of fused-ring (bicyclic) bond motifs is 14. The fourth-order valence-electron chi connectivity index (χ4n) is 10.5. The predicted molar refractivity (Wildman–Crippen MR) is 259 cm³/mol. The van der Waals surface area contributed by atoms with Gasteiger partial charge in [0.1, 0.15) is 22.3 Å². The van der Waals surface area contributed by atoms with Crippen LogP contribution in [0.15, 0.2) is 209 Å². The molecule has 0 amide bonds. The highest BCUT2D eigenvalue weighted by Gasteiger charge is 2.36. The number of anilines is 3. The third kappa shape index (κ3) is 5.00. The molecule has 0 spiro atoms. The first-order valence-corrected chi connectivity index (χ1v) is 21.4. The van der Waals surface area contributed by atoms with Crippen molar-refractivity contribution in [3.63, 3.8) is 0 Å². The van der Waals surface area contributed by atoms with Crippen LogP contribution in [0.3, 0.4) is 0 Å². The molecule has 0 unspecified atom stereocenters. The molecule has 0 radical (unpaired) electrons. The van der Waals surface area contributed by atoms with Gasteiger partial charge in [0.2, 0.25) is 0 Å². The average molecular weight is 794 g/mol. The van der Waals surface area contributed by atoms with Gasteiger partial charge in [-0.1, -0.05) is 172 Å². The SMILES string of the molecule is CC1(C)c2ccccc2-c2ccc(N(c3ccc(-c4cccc5c4oc4ccccc45)cc3)c3cc(-c4ccccc4)c4c(c3)oc3c5ccccc5c5ccccc5c34)cc21. The minimum Gasteiger partial charge on any atom is -0.455 e. The van der Waals surface area contributed by atoms with Gasteiger partial charge in [0.25, 0.3) is 0 Å². The van der Waals surface area contributed by atoms with Crippen molar-refractivity contribution in [3.8, 4) is 33.4 Å². The first-order chi connectivity index (χ1) is 30.5. The standard InChI is InChI=1S/C59H39NO2/c1-59(2)51-25-12-10-19-44(51)45-32-31-39(34-52(45)59)60(38-29-27-37(28-30-38)41-23-14-24-49-46-20-11-13-26-53(46)61-57(41)49)40-33-50(36-15-4-3-5-16-36)55-54(35-40)62-58-48-22-9-7-18-43(48)42-17-6-8-21-47(42)56(55)58/h3-35H,1-2H3. The van der Waals surface area contributed by atoms with Crippen molar-refractivity contribution in [3.05, 3.63) is 211 Å². The van der Waals surface area contributed by atoms with Crippen molar-refractivity contribution < 1.29 is 8.83 Å². The highest BCUT2D eigenvalue weighted by molar-refractivity contribution is 6.32. The maximum Gasteiger partial charge on any atom is 0.143 e. The summed E-state index contributed by atoms with van der Waals surface area (Å²) in [6.45, 7) is 4.70. The van der Waals surface area contributed by atoms with E-state index in [2.05, 4.69) is 207 Å². The zero-order valence-electron chi connectivity index (χ0n) is 34.3. The van der Waals surface area contributed by atoms with Crippen LogP contribution >= 0.6 is 0 Å². The van der Waals surface area contributed by atoms with Crippen LogP contribution in [0.25, 0.3) is 98.8 Å². The molecule has 0 aliphatic heterocycles. The minimum absolute atomic E-state index is 0.164. The van der Waals surface area contributed by atoms with Crippen LogP contribution in [-0.4, -0.2) is 0 Å². The third-order valence-corrected chi connectivity index (χ3v) is 13.4. The molecule has 2 aromatic heterocycles. The molecule has 3 nitrogen and oxygen atoms in total. The van der Waals surface area contributed by atoms with Gasteiger partial charge in [0.15, 0.2) is 0 Å². The molecule has 13 rings (SSSR count). The third-order valence-electron chi connectivity index (χ3n) is 13.4. The van der Waals surface area contributed by atoms with Gasteiger partial charge in [-0.25, -0.2) is 0 Å². The van der Waals surface area contributed by atoms with Crippen LogP contribution in [0.1, 0.15) is 25.0 Å². The van der Waals surface area contributed by atoms with E-state index >= 15 is 0 Å². The van der Waals surface area contributed by atoms with E-state index in [1.807, 2.05) is 12.1 Å². The predicted octanol–water partition coefficient (Wildman–Crippen LogP) is 16.9. The molecule has 0 atom stereocenters. The Kier molecular flexibility index (Phi) is 7.36. The fourth-order valence-corrected chi connectivity index (χ4v) is 10.5. The van der Waals surface area contributed by atoms with E-state index in [1.165, 1.54) is 38.4 Å². The molecule has 1 aliphatic carbocycles. The molecule has 62 heavy (non-hydrogen) atoms. The summed E-state index contributed by atoms with van der Waals surface area (Å²) in [7, 11) is 0. The van der Waals surface area contributed by atoms with Gasteiger partial charge >= 0.3 is 0 Å². The summed E-state index contributed by atoms with van der Waals surface area (Å²) in [5.74, 6) is 0. The summed E-state index contributed by atoms with van der Waals surface area (Å²) in [5, 5.41) is 9.25. The Hall–Kier alpha value is -7.88. The summed E-state index contributed by atoms with van der Waals surface area (Å²) in [4.78, 5) is 2.40. The monoisotopic (exact) mass is 793 g/mol. The number of hydrogen-bond donors (Lipinski definition) is 0. The molecule has 0 bridgehead atoms. The molecule has 10 aromatic carbocycles. The Balaban J connectivity index is 1.07. The summed E-state index contributed by atoms with van der Waals surface area (Å²) in [5.41, 5.74) is 16.3. The number of furan rings is 2. The highest BCUT2D eigenvalue weighted by atomic mass is 16.3. The number of nitrogens with zero attached hydrogens (tertiary/aromatic N) is 1. The van der Waals surface area contributed by atoms with Crippen molar-refractivity contribution >= 4 is 82.5 Å². The number of hydrogen-bond acceptors (Lipinski definition) is 3. The zero-order chi connectivity index (χ0) is 41.1. The molecule has 2 heterocycles. The highest BCUT2D eigenvalue weighted by Crippen LogP contribution is 2.52. The molecule has 3 heteroatoms. The quantitative estimate of drug-likeness (QED) is 0.163. The largest absolute Gasteiger partial charge is 0.455 e. The second-order valence-corrected chi connectivity index (χ2v) is 17.2. The van der Waals surface area contributed by atoms with E-state index in [-0.39, 0.29) is 5.41 Å². The van der Waals surface area contributed by atoms with E-state index < -0.39 is 0 Å². The zero-order valence-corrected chi connectivity index (χ0v) is 34.3. The summed E-state index contributed by atoms with van der Waals surface area (Å²) >= 11 is 0. The Morgan fingerprint density at radius 1 is 0.339 bits per heavy atom. The normalized spacial score (nSPS) is 13.1. The lowest BCUT2D eigenvalue weighted by Crippen LogP contribution is -2.16. The first-order valence-electron chi connectivity index (χ1n) is 21.4. The van der Waals surface area contributed by atoms with Gasteiger partial charge in [-0.05, 0) is 91.5 Å². The lowest BCUT2D eigenvalue weighted by atomic mass is 9.82.